The van der Waals surface area contributed by atoms with Crippen LogP contribution in [0.25, 0.3) is 5.82 Å². The number of likely N-dealkylation sites (N-methyl/N-ethyl adjacent to an activating group) is 1. The van der Waals surface area contributed by atoms with Gasteiger partial charge in [0.05, 0.1) is 11.8 Å². The second-order valence-electron chi connectivity index (χ2n) is 9.81. The van der Waals surface area contributed by atoms with Crippen LogP contribution in [-0.2, 0) is 6.18 Å². The molecule has 214 valence electrons. The molecule has 2 aromatic heterocycles. The number of hydrogen-bond acceptors (Lipinski definition) is 8. The summed E-state index contributed by atoms with van der Waals surface area (Å²) >= 11 is 0. The van der Waals surface area contributed by atoms with Crippen molar-refractivity contribution in [3.63, 3.8) is 0 Å². The van der Waals surface area contributed by atoms with E-state index in [1.807, 2.05) is 24.9 Å². The molecule has 3 heterocycles. The predicted molar refractivity (Wildman–Crippen MR) is 152 cm³/mol. The monoisotopic (exact) mass is 565 g/mol. The number of benzene rings is 2. The molecule has 0 atom stereocenters. The van der Waals surface area contributed by atoms with Crippen LogP contribution >= 0.6 is 0 Å². The molecule has 0 bridgehead atoms. The normalized spacial score (nSPS) is 14.1. The molecule has 5 rings (SSSR count). The van der Waals surface area contributed by atoms with Gasteiger partial charge in [-0.15, -0.1) is 0 Å². The fraction of sp³-hybridized carbons (Fsp3) is 0.286. The summed E-state index contributed by atoms with van der Waals surface area (Å²) in [5, 5.41) is 13.4. The van der Waals surface area contributed by atoms with Crippen LogP contribution in [-0.4, -0.2) is 70.8 Å². The van der Waals surface area contributed by atoms with Crippen LogP contribution in [0.5, 0.6) is 0 Å². The molecule has 1 fully saturated rings. The Kier molecular flexibility index (Phi) is 7.79. The van der Waals surface area contributed by atoms with E-state index < -0.39 is 17.6 Å². The topological polar surface area (TPSA) is 103 Å². The lowest BCUT2D eigenvalue weighted by molar-refractivity contribution is -0.137. The van der Waals surface area contributed by atoms with Crippen LogP contribution in [0, 0.1) is 6.92 Å². The van der Waals surface area contributed by atoms with Crippen molar-refractivity contribution in [3.05, 3.63) is 77.7 Å². The van der Waals surface area contributed by atoms with Crippen LogP contribution in [0.15, 0.2) is 61.1 Å². The Morgan fingerprint density at radius 3 is 2.49 bits per heavy atom. The van der Waals surface area contributed by atoms with E-state index in [1.165, 1.54) is 12.4 Å². The van der Waals surface area contributed by atoms with Crippen LogP contribution in [0.3, 0.4) is 0 Å². The van der Waals surface area contributed by atoms with Gasteiger partial charge >= 0.3 is 6.18 Å². The number of aryl methyl sites for hydroxylation is 1. The number of rotatable bonds is 7. The number of aromatic nitrogens is 4. The average molecular weight is 566 g/mol. The summed E-state index contributed by atoms with van der Waals surface area (Å²) in [5.74, 6) is 1.15. The highest BCUT2D eigenvalue weighted by Crippen LogP contribution is 2.34. The van der Waals surface area contributed by atoms with Gasteiger partial charge in [0.25, 0.3) is 5.91 Å². The van der Waals surface area contributed by atoms with E-state index in [9.17, 15) is 18.0 Å². The van der Waals surface area contributed by atoms with E-state index in [-0.39, 0.29) is 5.56 Å². The molecule has 0 unspecified atom stereocenters. The summed E-state index contributed by atoms with van der Waals surface area (Å²) in [7, 11) is 3.72. The van der Waals surface area contributed by atoms with Gasteiger partial charge in [-0.25, -0.2) is 9.97 Å². The highest BCUT2D eigenvalue weighted by molar-refractivity contribution is 6.05. The van der Waals surface area contributed by atoms with Gasteiger partial charge in [0.2, 0.25) is 0 Å². The van der Waals surface area contributed by atoms with Crippen LogP contribution in [0.1, 0.15) is 21.5 Å². The highest BCUT2D eigenvalue weighted by Gasteiger charge is 2.32. The lowest BCUT2D eigenvalue weighted by atomic mass is 10.1. The second kappa shape index (κ2) is 11.5. The van der Waals surface area contributed by atoms with Gasteiger partial charge in [-0.2, -0.15) is 23.0 Å². The summed E-state index contributed by atoms with van der Waals surface area (Å²) in [6.07, 6.45) is -1.54. The number of piperazine rings is 1. The number of carbonyl (C=O) groups is 1. The first-order valence-corrected chi connectivity index (χ1v) is 13.0. The average Bonchev–Trinajstić information content (AvgIpc) is 3.42. The molecular weight excluding hydrogens is 535 g/mol. The minimum absolute atomic E-state index is 0.0639. The van der Waals surface area contributed by atoms with Gasteiger partial charge in [0.15, 0.2) is 5.82 Å². The summed E-state index contributed by atoms with van der Waals surface area (Å²) in [6, 6.07) is 12.3. The van der Waals surface area contributed by atoms with Crippen molar-refractivity contribution in [2.24, 2.45) is 0 Å². The maximum absolute atomic E-state index is 13.8. The molecule has 0 saturated carbocycles. The van der Waals surface area contributed by atoms with Gasteiger partial charge in [0, 0.05) is 68.0 Å². The molecule has 1 aliphatic rings. The minimum atomic E-state index is -4.58. The molecule has 10 nitrogen and oxygen atoms in total. The third kappa shape index (κ3) is 6.40. The molecule has 0 radical (unpaired) electrons. The zero-order chi connectivity index (χ0) is 29.1. The number of halogens is 3. The number of anilines is 5. The molecule has 1 saturated heterocycles. The number of carbonyl (C=O) groups excluding carboxylic acids is 1. The first-order chi connectivity index (χ1) is 19.6. The van der Waals surface area contributed by atoms with Gasteiger partial charge in [0.1, 0.15) is 18.0 Å². The Morgan fingerprint density at radius 1 is 0.976 bits per heavy atom. The van der Waals surface area contributed by atoms with Gasteiger partial charge in [-0.1, -0.05) is 6.07 Å². The zero-order valence-corrected chi connectivity index (χ0v) is 22.8. The van der Waals surface area contributed by atoms with Crippen molar-refractivity contribution in [2.75, 3.05) is 61.1 Å². The summed E-state index contributed by atoms with van der Waals surface area (Å²) in [6.45, 7) is 4.50. The Labute approximate surface area is 235 Å². The third-order valence-corrected chi connectivity index (χ3v) is 6.90. The van der Waals surface area contributed by atoms with Crippen molar-refractivity contribution >= 4 is 34.6 Å². The molecular formula is C28H30F3N9O. The third-order valence-electron chi connectivity index (χ3n) is 6.90. The minimum Gasteiger partial charge on any atom is -0.373 e. The van der Waals surface area contributed by atoms with E-state index in [2.05, 4.69) is 35.9 Å². The molecule has 41 heavy (non-hydrogen) atoms. The molecule has 1 aliphatic heterocycles. The van der Waals surface area contributed by atoms with Crippen molar-refractivity contribution in [1.82, 2.24) is 24.6 Å². The fourth-order valence-electron chi connectivity index (χ4n) is 4.51. The second-order valence-corrected chi connectivity index (χ2v) is 9.81. The Hall–Kier alpha value is -4.65. The number of nitrogens with one attached hydrogen (secondary N) is 3. The van der Waals surface area contributed by atoms with Crippen LogP contribution in [0.2, 0.25) is 0 Å². The SMILES string of the molecule is CNc1cc(-n2nccc2Nc2cc(NC(=O)c3cc(N4CCN(C)CC4)cc(C(F)(F)F)c3)ccc2C)ncn1. The molecule has 13 heteroatoms. The Bertz CT molecular complexity index is 1550. The van der Waals surface area contributed by atoms with Gasteiger partial charge < -0.3 is 25.8 Å². The lowest BCUT2D eigenvalue weighted by Gasteiger charge is -2.34. The quantitative estimate of drug-likeness (QED) is 0.294. The molecule has 0 spiro atoms. The molecule has 3 N–H and O–H groups in total. The summed E-state index contributed by atoms with van der Waals surface area (Å²) in [4.78, 5) is 25.6. The molecule has 1 amide bonds. The zero-order valence-electron chi connectivity index (χ0n) is 22.8. The van der Waals surface area contributed by atoms with Gasteiger partial charge in [-0.3, -0.25) is 4.79 Å². The van der Waals surface area contributed by atoms with E-state index in [0.717, 1.165) is 30.8 Å². The van der Waals surface area contributed by atoms with Gasteiger partial charge in [-0.05, 0) is 49.9 Å². The van der Waals surface area contributed by atoms with E-state index in [1.54, 1.807) is 42.2 Å². The molecule has 2 aromatic carbocycles. The fourth-order valence-corrected chi connectivity index (χ4v) is 4.51. The maximum atomic E-state index is 13.8. The predicted octanol–water partition coefficient (Wildman–Crippen LogP) is 4.78. The van der Waals surface area contributed by atoms with Crippen molar-refractivity contribution < 1.29 is 18.0 Å². The first kappa shape index (κ1) is 27.9. The van der Waals surface area contributed by atoms with Crippen LogP contribution in [0.4, 0.5) is 41.9 Å². The Morgan fingerprint density at radius 2 is 1.76 bits per heavy atom. The van der Waals surface area contributed by atoms with E-state index >= 15 is 0 Å². The van der Waals surface area contributed by atoms with Crippen molar-refractivity contribution in [1.29, 1.82) is 0 Å². The van der Waals surface area contributed by atoms with E-state index in [4.69, 9.17) is 0 Å². The standard InChI is InChI=1S/C28H30F3N9O/c1-18-4-5-21(15-23(18)37-25-6-7-35-40(25)26-16-24(32-2)33-17-34-26)36-27(41)19-12-20(28(29,30)31)14-22(13-19)39-10-8-38(3)9-11-39/h4-7,12-17,37H,8-11H2,1-3H3,(H,36,41)(H,32,33,34). The number of nitrogens with zero attached hydrogens (tertiary/aromatic N) is 6. The maximum Gasteiger partial charge on any atom is 0.416 e. The molecule has 4 aromatic rings. The smallest absolute Gasteiger partial charge is 0.373 e. The van der Waals surface area contributed by atoms with Crippen LogP contribution < -0.4 is 20.9 Å². The number of alkyl halides is 3. The Balaban J connectivity index is 1.39. The summed E-state index contributed by atoms with van der Waals surface area (Å²) < 4.78 is 42.9. The summed E-state index contributed by atoms with van der Waals surface area (Å²) in [5.41, 5.74) is 1.44. The molecule has 0 aliphatic carbocycles. The van der Waals surface area contributed by atoms with E-state index in [0.29, 0.717) is 47.6 Å². The lowest BCUT2D eigenvalue weighted by Crippen LogP contribution is -2.44. The first-order valence-electron chi connectivity index (χ1n) is 13.0. The largest absolute Gasteiger partial charge is 0.416 e. The number of hydrogen-bond donors (Lipinski definition) is 3. The highest BCUT2D eigenvalue weighted by atomic mass is 19.4. The van der Waals surface area contributed by atoms with Crippen molar-refractivity contribution in [2.45, 2.75) is 13.1 Å². The number of amides is 1. The van der Waals surface area contributed by atoms with Crippen molar-refractivity contribution in [3.8, 4) is 5.82 Å².